The van der Waals surface area contributed by atoms with E-state index in [9.17, 15) is 4.79 Å². The van der Waals surface area contributed by atoms with Gasteiger partial charge < -0.3 is 11.1 Å². The number of carbonyl (C=O) groups is 1. The average molecular weight is 100 g/mol. The van der Waals surface area contributed by atoms with Gasteiger partial charge in [0.05, 0.1) is 5.70 Å². The van der Waals surface area contributed by atoms with Crippen LogP contribution in [0.25, 0.3) is 0 Å². The summed E-state index contributed by atoms with van der Waals surface area (Å²) in [5, 5.41) is 2.57. The summed E-state index contributed by atoms with van der Waals surface area (Å²) in [6, 6.07) is 0. The molecule has 0 fully saturated rings. The Balaban J connectivity index is 3.60. The summed E-state index contributed by atoms with van der Waals surface area (Å²) in [4.78, 5) is 9.76. The first-order chi connectivity index (χ1) is 3.35. The summed E-state index contributed by atoms with van der Waals surface area (Å²) in [6.07, 6.45) is 1.87. The Morgan fingerprint density at radius 1 is 1.86 bits per heavy atom. The first-order valence-electron chi connectivity index (χ1n) is 1.90. The van der Waals surface area contributed by atoms with Crippen molar-refractivity contribution < 1.29 is 4.79 Å². The van der Waals surface area contributed by atoms with Crippen LogP contribution >= 0.6 is 0 Å². The van der Waals surface area contributed by atoms with Crippen molar-refractivity contribution in [2.45, 2.75) is 0 Å². The van der Waals surface area contributed by atoms with E-state index in [1.54, 1.807) is 7.05 Å². The lowest BCUT2D eigenvalue weighted by Crippen LogP contribution is -2.08. The molecule has 3 heteroatoms. The summed E-state index contributed by atoms with van der Waals surface area (Å²) in [7, 11) is 1.63. The first-order valence-corrected chi connectivity index (χ1v) is 1.90. The number of carbonyl (C=O) groups excluding carboxylic acids is 1. The lowest BCUT2D eigenvalue weighted by Gasteiger charge is -1.90. The number of likely N-dealkylation sites (N-methyl/N-ethyl adjacent to an activating group) is 1. The van der Waals surface area contributed by atoms with Gasteiger partial charge in [-0.2, -0.15) is 0 Å². The summed E-state index contributed by atoms with van der Waals surface area (Å²) < 4.78 is 0. The molecule has 0 aliphatic carbocycles. The summed E-state index contributed by atoms with van der Waals surface area (Å²) in [5.41, 5.74) is 5.34. The molecule has 0 rings (SSSR count). The number of aldehydes is 1. The Kier molecular flexibility index (Phi) is 2.76. The van der Waals surface area contributed by atoms with Gasteiger partial charge in [-0.15, -0.1) is 0 Å². The van der Waals surface area contributed by atoms with Crippen LogP contribution in [0.1, 0.15) is 0 Å². The third-order valence-electron chi connectivity index (χ3n) is 0.595. The van der Waals surface area contributed by atoms with E-state index in [1.807, 2.05) is 0 Å². The minimum Gasteiger partial charge on any atom is -0.403 e. The smallest absolute Gasteiger partial charge is 0.167 e. The molecule has 0 unspecified atom stereocenters. The largest absolute Gasteiger partial charge is 0.403 e. The second-order valence-corrected chi connectivity index (χ2v) is 0.990. The minimum absolute atomic E-state index is 0.403. The van der Waals surface area contributed by atoms with Crippen LogP contribution in [0.5, 0.6) is 0 Å². The molecular weight excluding hydrogens is 92.1 g/mol. The number of nitrogens with one attached hydrogen (secondary N) is 1. The SMILES string of the molecule is CN/C(C=O)=C\N. The van der Waals surface area contributed by atoms with Crippen LogP contribution in [-0.2, 0) is 4.79 Å². The maximum absolute atomic E-state index is 9.76. The lowest BCUT2D eigenvalue weighted by molar-refractivity contribution is -0.105. The van der Waals surface area contributed by atoms with Crippen LogP contribution in [0, 0.1) is 0 Å². The number of rotatable bonds is 2. The molecule has 0 saturated carbocycles. The standard InChI is InChI=1S/C4H8N2O/c1-6-4(2-5)3-7/h2-3,6H,5H2,1H3/b4-2-. The molecule has 0 aliphatic rings. The van der Waals surface area contributed by atoms with E-state index < -0.39 is 0 Å². The molecular formula is C4H8N2O. The third-order valence-corrected chi connectivity index (χ3v) is 0.595. The predicted octanol–water partition coefficient (Wildman–Crippen LogP) is -0.795. The Labute approximate surface area is 42.2 Å². The van der Waals surface area contributed by atoms with Gasteiger partial charge in [-0.3, -0.25) is 4.79 Å². The zero-order valence-corrected chi connectivity index (χ0v) is 4.14. The average Bonchev–Trinajstić information content (AvgIpc) is 1.72. The topological polar surface area (TPSA) is 55.1 Å². The molecule has 0 heterocycles. The van der Waals surface area contributed by atoms with Crippen molar-refractivity contribution in [2.75, 3.05) is 7.05 Å². The zero-order chi connectivity index (χ0) is 5.70. The first kappa shape index (κ1) is 6.01. The van der Waals surface area contributed by atoms with Gasteiger partial charge in [-0.1, -0.05) is 0 Å². The maximum atomic E-state index is 9.76. The fraction of sp³-hybridized carbons (Fsp3) is 0.250. The van der Waals surface area contributed by atoms with Gasteiger partial charge in [0.15, 0.2) is 6.29 Å². The fourth-order valence-corrected chi connectivity index (χ4v) is 0.182. The van der Waals surface area contributed by atoms with Gasteiger partial charge in [0, 0.05) is 13.2 Å². The zero-order valence-electron chi connectivity index (χ0n) is 4.14. The van der Waals surface area contributed by atoms with E-state index in [-0.39, 0.29) is 0 Å². The van der Waals surface area contributed by atoms with Gasteiger partial charge in [0.1, 0.15) is 0 Å². The molecule has 40 valence electrons. The highest BCUT2D eigenvalue weighted by molar-refractivity contribution is 5.71. The van der Waals surface area contributed by atoms with Crippen LogP contribution in [-0.4, -0.2) is 13.3 Å². The molecule has 0 aromatic rings. The number of allylic oxidation sites excluding steroid dienone is 1. The van der Waals surface area contributed by atoms with Crippen LogP contribution < -0.4 is 11.1 Å². The van der Waals surface area contributed by atoms with Crippen molar-refractivity contribution in [2.24, 2.45) is 5.73 Å². The number of nitrogens with two attached hydrogens (primary N) is 1. The quantitative estimate of drug-likeness (QED) is 0.353. The Bertz CT molecular complexity index is 87.7. The fourth-order valence-electron chi connectivity index (χ4n) is 0.182. The van der Waals surface area contributed by atoms with Crippen LogP contribution in [0.2, 0.25) is 0 Å². The molecule has 7 heavy (non-hydrogen) atoms. The van der Waals surface area contributed by atoms with Crippen molar-refractivity contribution in [3.8, 4) is 0 Å². The van der Waals surface area contributed by atoms with Gasteiger partial charge in [-0.05, 0) is 0 Å². The van der Waals surface area contributed by atoms with Crippen LogP contribution in [0.4, 0.5) is 0 Å². The van der Waals surface area contributed by atoms with Gasteiger partial charge >= 0.3 is 0 Å². The minimum atomic E-state index is 0.403. The van der Waals surface area contributed by atoms with E-state index in [0.29, 0.717) is 12.0 Å². The molecule has 0 aliphatic heterocycles. The van der Waals surface area contributed by atoms with Crippen molar-refractivity contribution in [1.29, 1.82) is 0 Å². The Morgan fingerprint density at radius 3 is 2.43 bits per heavy atom. The summed E-state index contributed by atoms with van der Waals surface area (Å²) in [6.45, 7) is 0. The number of hydrogen-bond donors (Lipinski definition) is 2. The number of hydrogen-bond acceptors (Lipinski definition) is 3. The van der Waals surface area contributed by atoms with E-state index in [0.717, 1.165) is 0 Å². The lowest BCUT2D eigenvalue weighted by atomic mass is 10.5. The maximum Gasteiger partial charge on any atom is 0.167 e. The van der Waals surface area contributed by atoms with Gasteiger partial charge in [0.2, 0.25) is 0 Å². The van der Waals surface area contributed by atoms with Crippen LogP contribution in [0.15, 0.2) is 11.9 Å². The predicted molar refractivity (Wildman–Crippen MR) is 27.4 cm³/mol. The van der Waals surface area contributed by atoms with E-state index in [4.69, 9.17) is 5.73 Å². The highest BCUT2D eigenvalue weighted by Gasteiger charge is 1.80. The normalized spacial score (nSPS) is 10.7. The van der Waals surface area contributed by atoms with E-state index >= 15 is 0 Å². The van der Waals surface area contributed by atoms with Crippen LogP contribution in [0.3, 0.4) is 0 Å². The Morgan fingerprint density at radius 2 is 2.43 bits per heavy atom. The second-order valence-electron chi connectivity index (χ2n) is 0.990. The molecule has 3 nitrogen and oxygen atoms in total. The van der Waals surface area contributed by atoms with Crippen molar-refractivity contribution >= 4 is 6.29 Å². The third kappa shape index (κ3) is 1.81. The molecule has 0 radical (unpaired) electrons. The monoisotopic (exact) mass is 100 g/mol. The van der Waals surface area contributed by atoms with Crippen molar-refractivity contribution in [3.63, 3.8) is 0 Å². The molecule has 0 atom stereocenters. The highest BCUT2D eigenvalue weighted by atomic mass is 16.1. The molecule has 3 N–H and O–H groups in total. The summed E-state index contributed by atoms with van der Waals surface area (Å²) >= 11 is 0. The van der Waals surface area contributed by atoms with E-state index in [2.05, 4.69) is 5.32 Å². The second kappa shape index (κ2) is 3.21. The summed E-state index contributed by atoms with van der Waals surface area (Å²) in [5.74, 6) is 0. The molecule has 0 saturated heterocycles. The Hall–Kier alpha value is -0.990. The van der Waals surface area contributed by atoms with Gasteiger partial charge in [0.25, 0.3) is 0 Å². The molecule has 0 aromatic heterocycles. The molecule has 0 amide bonds. The van der Waals surface area contributed by atoms with Gasteiger partial charge in [-0.25, -0.2) is 0 Å². The van der Waals surface area contributed by atoms with E-state index in [1.165, 1.54) is 6.20 Å². The molecule has 0 spiro atoms. The molecule has 0 bridgehead atoms. The molecule has 0 aromatic carbocycles. The van der Waals surface area contributed by atoms with Crippen molar-refractivity contribution in [1.82, 2.24) is 5.32 Å². The van der Waals surface area contributed by atoms with Crippen molar-refractivity contribution in [3.05, 3.63) is 11.9 Å². The highest BCUT2D eigenvalue weighted by Crippen LogP contribution is 1.70.